The number of imidazole rings is 1. The van der Waals surface area contributed by atoms with Crippen molar-refractivity contribution >= 4 is 28.8 Å². The van der Waals surface area contributed by atoms with E-state index in [-0.39, 0.29) is 17.9 Å². The first-order valence-electron chi connectivity index (χ1n) is 9.44. The van der Waals surface area contributed by atoms with Crippen molar-refractivity contribution in [2.24, 2.45) is 0 Å². The van der Waals surface area contributed by atoms with E-state index in [4.69, 9.17) is 0 Å². The molecule has 0 aliphatic rings. The zero-order chi connectivity index (χ0) is 20.9. The molecule has 0 bridgehead atoms. The minimum absolute atomic E-state index is 0.146. The lowest BCUT2D eigenvalue weighted by atomic mass is 10.1. The highest BCUT2D eigenvalue weighted by atomic mass is 32.1. The molecule has 2 N–H and O–H groups in total. The topological polar surface area (TPSA) is 76.0 Å². The van der Waals surface area contributed by atoms with Crippen molar-refractivity contribution < 1.29 is 9.59 Å². The third-order valence-electron chi connectivity index (χ3n) is 4.69. The van der Waals surface area contributed by atoms with Gasteiger partial charge in [0, 0.05) is 29.3 Å². The van der Waals surface area contributed by atoms with E-state index in [2.05, 4.69) is 15.6 Å². The SMILES string of the molecule is CC(NC(=O)c1ccc(NC(=O)c2cccs2)cc1)c1ccc(-n2ccnc2)cc1. The fourth-order valence-electron chi connectivity index (χ4n) is 3.02. The number of amides is 2. The van der Waals surface area contributed by atoms with Crippen LogP contribution in [0.2, 0.25) is 0 Å². The highest BCUT2D eigenvalue weighted by molar-refractivity contribution is 7.12. The number of aromatic nitrogens is 2. The summed E-state index contributed by atoms with van der Waals surface area (Å²) in [5.41, 5.74) is 3.20. The molecule has 2 aromatic heterocycles. The second-order valence-corrected chi connectivity index (χ2v) is 7.71. The Hall–Kier alpha value is -3.71. The summed E-state index contributed by atoms with van der Waals surface area (Å²) in [5, 5.41) is 7.69. The van der Waals surface area contributed by atoms with Gasteiger partial charge in [0.15, 0.2) is 0 Å². The summed E-state index contributed by atoms with van der Waals surface area (Å²) in [7, 11) is 0. The van der Waals surface area contributed by atoms with Gasteiger partial charge in [0.25, 0.3) is 11.8 Å². The molecular formula is C23H20N4O2S. The summed E-state index contributed by atoms with van der Waals surface area (Å²) in [5.74, 6) is -0.327. The molecule has 2 amide bonds. The van der Waals surface area contributed by atoms with Crippen LogP contribution in [0.3, 0.4) is 0 Å². The molecule has 0 aliphatic carbocycles. The zero-order valence-corrected chi connectivity index (χ0v) is 17.1. The van der Waals surface area contributed by atoms with Crippen LogP contribution in [0.1, 0.15) is 38.6 Å². The van der Waals surface area contributed by atoms with Gasteiger partial charge in [-0.1, -0.05) is 18.2 Å². The molecule has 4 aromatic rings. The Morgan fingerprint density at radius 3 is 2.40 bits per heavy atom. The molecule has 2 aromatic carbocycles. The predicted octanol–water partition coefficient (Wildman–Crippen LogP) is 4.68. The van der Waals surface area contributed by atoms with Gasteiger partial charge in [-0.3, -0.25) is 9.59 Å². The van der Waals surface area contributed by atoms with E-state index in [1.807, 2.05) is 53.4 Å². The minimum Gasteiger partial charge on any atom is -0.346 e. The van der Waals surface area contributed by atoms with Crippen LogP contribution in [0.4, 0.5) is 5.69 Å². The molecule has 6 nitrogen and oxygen atoms in total. The van der Waals surface area contributed by atoms with Crippen molar-refractivity contribution in [3.05, 3.63) is 101 Å². The van der Waals surface area contributed by atoms with Crippen LogP contribution >= 0.6 is 11.3 Å². The van der Waals surface area contributed by atoms with Crippen LogP contribution in [0.25, 0.3) is 5.69 Å². The maximum Gasteiger partial charge on any atom is 0.265 e. The summed E-state index contributed by atoms with van der Waals surface area (Å²) in [6.45, 7) is 1.94. The first-order valence-corrected chi connectivity index (χ1v) is 10.3. The average Bonchev–Trinajstić information content (AvgIpc) is 3.48. The smallest absolute Gasteiger partial charge is 0.265 e. The van der Waals surface area contributed by atoms with Crippen molar-refractivity contribution in [3.8, 4) is 5.69 Å². The van der Waals surface area contributed by atoms with Gasteiger partial charge in [0.2, 0.25) is 0 Å². The van der Waals surface area contributed by atoms with E-state index in [0.717, 1.165) is 11.3 Å². The molecule has 2 heterocycles. The third-order valence-corrected chi connectivity index (χ3v) is 5.56. The molecule has 0 aliphatic heterocycles. The maximum atomic E-state index is 12.6. The number of thiophene rings is 1. The van der Waals surface area contributed by atoms with E-state index in [0.29, 0.717) is 16.1 Å². The minimum atomic E-state index is -0.169. The lowest BCUT2D eigenvalue weighted by molar-refractivity contribution is 0.0939. The Labute approximate surface area is 178 Å². The van der Waals surface area contributed by atoms with Gasteiger partial charge in [-0.15, -0.1) is 11.3 Å². The molecule has 1 unspecified atom stereocenters. The molecule has 1 atom stereocenters. The number of carbonyl (C=O) groups is 2. The normalized spacial score (nSPS) is 11.6. The molecular weight excluding hydrogens is 396 g/mol. The number of hydrogen-bond donors (Lipinski definition) is 2. The zero-order valence-electron chi connectivity index (χ0n) is 16.3. The lowest BCUT2D eigenvalue weighted by Crippen LogP contribution is -2.26. The Kier molecular flexibility index (Phi) is 5.72. The summed E-state index contributed by atoms with van der Waals surface area (Å²) < 4.78 is 1.92. The fourth-order valence-corrected chi connectivity index (χ4v) is 3.63. The van der Waals surface area contributed by atoms with E-state index in [9.17, 15) is 9.59 Å². The first-order chi connectivity index (χ1) is 14.6. The standard InChI is InChI=1S/C23H20N4O2S/c1-16(17-6-10-20(11-7-17)27-13-12-24-15-27)25-22(28)18-4-8-19(9-5-18)26-23(29)21-3-2-14-30-21/h2-16H,1H3,(H,25,28)(H,26,29). The number of anilines is 1. The summed E-state index contributed by atoms with van der Waals surface area (Å²) in [6.07, 6.45) is 5.36. The molecule has 0 fully saturated rings. The van der Waals surface area contributed by atoms with Crippen LogP contribution in [-0.4, -0.2) is 21.4 Å². The van der Waals surface area contributed by atoms with Crippen molar-refractivity contribution in [2.45, 2.75) is 13.0 Å². The second kappa shape index (κ2) is 8.75. The second-order valence-electron chi connectivity index (χ2n) is 6.77. The number of hydrogen-bond acceptors (Lipinski definition) is 4. The number of nitrogens with one attached hydrogen (secondary N) is 2. The number of rotatable bonds is 6. The van der Waals surface area contributed by atoms with Crippen LogP contribution in [0.5, 0.6) is 0 Å². The van der Waals surface area contributed by atoms with Crippen LogP contribution in [0.15, 0.2) is 84.8 Å². The molecule has 0 spiro atoms. The van der Waals surface area contributed by atoms with Gasteiger partial charge in [-0.2, -0.15) is 0 Å². The first kappa shape index (κ1) is 19.6. The van der Waals surface area contributed by atoms with Crippen LogP contribution < -0.4 is 10.6 Å². The monoisotopic (exact) mass is 416 g/mol. The van der Waals surface area contributed by atoms with E-state index < -0.39 is 0 Å². The fraction of sp³-hybridized carbons (Fsp3) is 0.0870. The third kappa shape index (κ3) is 4.47. The summed E-state index contributed by atoms with van der Waals surface area (Å²) >= 11 is 1.38. The summed E-state index contributed by atoms with van der Waals surface area (Å²) in [6, 6.07) is 18.3. The molecule has 0 radical (unpaired) electrons. The van der Waals surface area contributed by atoms with Gasteiger partial charge in [-0.25, -0.2) is 4.98 Å². The molecule has 7 heteroatoms. The van der Waals surface area contributed by atoms with E-state index in [1.54, 1.807) is 42.9 Å². The Balaban J connectivity index is 1.36. The van der Waals surface area contributed by atoms with Crippen LogP contribution in [0, 0.1) is 0 Å². The summed E-state index contributed by atoms with van der Waals surface area (Å²) in [4.78, 5) is 29.4. The van der Waals surface area contributed by atoms with E-state index >= 15 is 0 Å². The average molecular weight is 417 g/mol. The predicted molar refractivity (Wildman–Crippen MR) is 118 cm³/mol. The van der Waals surface area contributed by atoms with Gasteiger partial charge in [0.1, 0.15) is 0 Å². The van der Waals surface area contributed by atoms with E-state index in [1.165, 1.54) is 11.3 Å². The number of nitrogens with zero attached hydrogens (tertiary/aromatic N) is 2. The van der Waals surface area contributed by atoms with Crippen LogP contribution in [-0.2, 0) is 0 Å². The van der Waals surface area contributed by atoms with Crippen molar-refractivity contribution in [3.63, 3.8) is 0 Å². The van der Waals surface area contributed by atoms with Gasteiger partial charge in [0.05, 0.1) is 17.2 Å². The van der Waals surface area contributed by atoms with Crippen molar-refractivity contribution in [2.75, 3.05) is 5.32 Å². The molecule has 30 heavy (non-hydrogen) atoms. The Morgan fingerprint density at radius 2 is 1.77 bits per heavy atom. The van der Waals surface area contributed by atoms with Crippen molar-refractivity contribution in [1.29, 1.82) is 0 Å². The van der Waals surface area contributed by atoms with Gasteiger partial charge in [-0.05, 0) is 60.3 Å². The molecule has 150 valence electrons. The lowest BCUT2D eigenvalue weighted by Gasteiger charge is -2.15. The highest BCUT2D eigenvalue weighted by Crippen LogP contribution is 2.18. The van der Waals surface area contributed by atoms with Crippen molar-refractivity contribution in [1.82, 2.24) is 14.9 Å². The highest BCUT2D eigenvalue weighted by Gasteiger charge is 2.12. The largest absolute Gasteiger partial charge is 0.346 e. The number of carbonyl (C=O) groups excluding carboxylic acids is 2. The molecule has 0 saturated heterocycles. The Morgan fingerprint density at radius 1 is 1.00 bits per heavy atom. The van der Waals surface area contributed by atoms with Gasteiger partial charge < -0.3 is 15.2 Å². The van der Waals surface area contributed by atoms with Gasteiger partial charge >= 0.3 is 0 Å². The molecule has 0 saturated carbocycles. The Bertz CT molecular complexity index is 1120. The molecule has 4 rings (SSSR count). The quantitative estimate of drug-likeness (QED) is 0.479. The maximum absolute atomic E-state index is 12.6. The number of benzene rings is 2.